The summed E-state index contributed by atoms with van der Waals surface area (Å²) in [5, 5.41) is 0.103. The van der Waals surface area contributed by atoms with E-state index < -0.39 is 0 Å². The molecule has 0 bridgehead atoms. The standard InChI is InChI=1S/C4H10NO2PS/c1-9-4(5)2-3-7-8-6/h4H,2-3,5H2,1H3. The second-order valence-corrected chi connectivity index (χ2v) is 2.95. The zero-order valence-electron chi connectivity index (χ0n) is 5.24. The summed E-state index contributed by atoms with van der Waals surface area (Å²) in [4.78, 5) is 0. The van der Waals surface area contributed by atoms with E-state index in [1.807, 2.05) is 6.26 Å². The highest BCUT2D eigenvalue weighted by atomic mass is 32.2. The van der Waals surface area contributed by atoms with E-state index in [1.54, 1.807) is 11.8 Å². The van der Waals surface area contributed by atoms with Crippen LogP contribution in [-0.2, 0) is 9.09 Å². The average Bonchev–Trinajstić information content (AvgIpc) is 1.89. The Hall–Kier alpha value is 0.370. The molecular formula is C4H10NO2PS. The third-order valence-electron chi connectivity index (χ3n) is 0.849. The van der Waals surface area contributed by atoms with Gasteiger partial charge in [-0.2, -0.15) is 0 Å². The molecule has 0 radical (unpaired) electrons. The molecule has 5 heteroatoms. The molecule has 0 fully saturated rings. The van der Waals surface area contributed by atoms with Gasteiger partial charge in [-0.1, -0.05) is 0 Å². The van der Waals surface area contributed by atoms with Crippen LogP contribution in [0.3, 0.4) is 0 Å². The zero-order chi connectivity index (χ0) is 7.11. The van der Waals surface area contributed by atoms with E-state index in [9.17, 15) is 4.57 Å². The first-order chi connectivity index (χ1) is 4.31. The van der Waals surface area contributed by atoms with Crippen molar-refractivity contribution in [3.05, 3.63) is 0 Å². The van der Waals surface area contributed by atoms with Crippen LogP contribution in [0.5, 0.6) is 0 Å². The smallest absolute Gasteiger partial charge is 0.319 e. The summed E-state index contributed by atoms with van der Waals surface area (Å²) >= 11 is 1.57. The van der Waals surface area contributed by atoms with Crippen molar-refractivity contribution in [1.82, 2.24) is 0 Å². The van der Waals surface area contributed by atoms with Crippen LogP contribution in [0.2, 0.25) is 0 Å². The second kappa shape index (κ2) is 6.49. The normalized spacial score (nSPS) is 14.0. The fourth-order valence-corrected chi connectivity index (χ4v) is 0.836. The van der Waals surface area contributed by atoms with Gasteiger partial charge in [0.15, 0.2) is 0 Å². The first-order valence-electron chi connectivity index (χ1n) is 2.54. The van der Waals surface area contributed by atoms with Crippen LogP contribution in [0, 0.1) is 0 Å². The van der Waals surface area contributed by atoms with Gasteiger partial charge in [-0.05, 0) is 12.7 Å². The van der Waals surface area contributed by atoms with Crippen LogP contribution in [0.15, 0.2) is 0 Å². The van der Waals surface area contributed by atoms with E-state index in [0.29, 0.717) is 6.61 Å². The largest absolute Gasteiger partial charge is 0.327 e. The van der Waals surface area contributed by atoms with E-state index in [2.05, 4.69) is 4.52 Å². The molecule has 0 saturated carbocycles. The number of thioether (sulfide) groups is 1. The highest BCUT2D eigenvalue weighted by Gasteiger charge is 1.97. The number of nitrogens with two attached hydrogens (primary N) is 1. The predicted molar refractivity (Wildman–Crippen MR) is 39.7 cm³/mol. The molecule has 0 aliphatic carbocycles. The lowest BCUT2D eigenvalue weighted by Crippen LogP contribution is -2.16. The Labute approximate surface area is 60.6 Å². The first kappa shape index (κ1) is 9.37. The Morgan fingerprint density at radius 1 is 1.89 bits per heavy atom. The molecule has 0 spiro atoms. The maximum atomic E-state index is 9.70. The molecule has 2 N–H and O–H groups in total. The van der Waals surface area contributed by atoms with Crippen molar-refractivity contribution in [2.75, 3.05) is 12.9 Å². The van der Waals surface area contributed by atoms with Crippen LogP contribution in [0.4, 0.5) is 0 Å². The Morgan fingerprint density at radius 3 is 3.00 bits per heavy atom. The molecular weight excluding hydrogens is 157 g/mol. The van der Waals surface area contributed by atoms with Crippen molar-refractivity contribution in [2.45, 2.75) is 11.8 Å². The van der Waals surface area contributed by atoms with Crippen molar-refractivity contribution in [2.24, 2.45) is 5.73 Å². The third-order valence-corrected chi connectivity index (χ3v) is 1.98. The van der Waals surface area contributed by atoms with Gasteiger partial charge in [0.05, 0.1) is 12.0 Å². The Kier molecular flexibility index (Phi) is 6.76. The van der Waals surface area contributed by atoms with Crippen molar-refractivity contribution in [3.8, 4) is 0 Å². The van der Waals surface area contributed by atoms with Crippen molar-refractivity contribution in [3.63, 3.8) is 0 Å². The molecule has 0 aliphatic heterocycles. The molecule has 3 nitrogen and oxygen atoms in total. The van der Waals surface area contributed by atoms with Gasteiger partial charge in [-0.3, -0.25) is 4.52 Å². The van der Waals surface area contributed by atoms with E-state index >= 15 is 0 Å². The van der Waals surface area contributed by atoms with Crippen LogP contribution >= 0.6 is 20.4 Å². The van der Waals surface area contributed by atoms with Gasteiger partial charge >= 0.3 is 8.69 Å². The Bertz CT molecular complexity index is 83.0. The minimum Gasteiger partial charge on any atom is -0.319 e. The maximum Gasteiger partial charge on any atom is 0.327 e. The van der Waals surface area contributed by atoms with E-state index in [4.69, 9.17) is 5.73 Å². The topological polar surface area (TPSA) is 52.3 Å². The van der Waals surface area contributed by atoms with Crippen molar-refractivity contribution >= 4 is 20.4 Å². The van der Waals surface area contributed by atoms with Crippen LogP contribution < -0.4 is 5.73 Å². The minimum absolute atomic E-state index is 0.103. The summed E-state index contributed by atoms with van der Waals surface area (Å²) in [5.41, 5.74) is 5.49. The summed E-state index contributed by atoms with van der Waals surface area (Å²) in [5.74, 6) is 0. The van der Waals surface area contributed by atoms with Gasteiger partial charge in [-0.15, -0.1) is 11.8 Å². The van der Waals surface area contributed by atoms with Crippen LogP contribution in [-0.4, -0.2) is 18.2 Å². The monoisotopic (exact) mass is 167 g/mol. The molecule has 0 amide bonds. The fourth-order valence-electron chi connectivity index (χ4n) is 0.324. The lowest BCUT2D eigenvalue weighted by atomic mass is 10.5. The maximum absolute atomic E-state index is 9.70. The molecule has 0 aliphatic rings. The SMILES string of the molecule is CSC(N)CCOP=O. The van der Waals surface area contributed by atoms with Crippen molar-refractivity contribution < 1.29 is 9.09 Å². The quantitative estimate of drug-likeness (QED) is 0.380. The third kappa shape index (κ3) is 6.25. The molecule has 0 heterocycles. The Balaban J connectivity index is 2.96. The molecule has 9 heavy (non-hydrogen) atoms. The zero-order valence-corrected chi connectivity index (χ0v) is 6.95. The summed E-state index contributed by atoms with van der Waals surface area (Å²) in [6.45, 7) is 0.465. The molecule has 0 rings (SSSR count). The summed E-state index contributed by atoms with van der Waals surface area (Å²) in [6, 6.07) is 0. The minimum atomic E-state index is -0.258. The van der Waals surface area contributed by atoms with Gasteiger partial charge in [0.25, 0.3) is 0 Å². The molecule has 1 atom stereocenters. The van der Waals surface area contributed by atoms with E-state index in [-0.39, 0.29) is 14.1 Å². The lowest BCUT2D eigenvalue weighted by Gasteiger charge is -2.04. The Morgan fingerprint density at radius 2 is 2.56 bits per heavy atom. The van der Waals surface area contributed by atoms with E-state index in [1.165, 1.54) is 0 Å². The first-order valence-corrected chi connectivity index (χ1v) is 4.56. The highest BCUT2D eigenvalue weighted by molar-refractivity contribution is 7.99. The van der Waals surface area contributed by atoms with Crippen LogP contribution in [0.25, 0.3) is 0 Å². The second-order valence-electron chi connectivity index (χ2n) is 1.47. The van der Waals surface area contributed by atoms with Crippen LogP contribution in [0.1, 0.15) is 6.42 Å². The molecule has 0 aromatic rings. The highest BCUT2D eigenvalue weighted by Crippen LogP contribution is 2.05. The summed E-state index contributed by atoms with van der Waals surface area (Å²) in [7, 11) is -0.258. The van der Waals surface area contributed by atoms with Crippen molar-refractivity contribution in [1.29, 1.82) is 0 Å². The van der Waals surface area contributed by atoms with Gasteiger partial charge in [-0.25, -0.2) is 4.57 Å². The molecule has 0 aromatic heterocycles. The number of rotatable bonds is 5. The number of hydrogen-bond acceptors (Lipinski definition) is 4. The molecule has 0 aromatic carbocycles. The fraction of sp³-hybridized carbons (Fsp3) is 1.00. The van der Waals surface area contributed by atoms with Gasteiger partial charge in [0.2, 0.25) is 0 Å². The predicted octanol–water partition coefficient (Wildman–Crippen LogP) is 1.25. The molecule has 54 valence electrons. The van der Waals surface area contributed by atoms with Gasteiger partial charge < -0.3 is 5.73 Å². The van der Waals surface area contributed by atoms with E-state index in [0.717, 1.165) is 6.42 Å². The number of hydrogen-bond donors (Lipinski definition) is 1. The van der Waals surface area contributed by atoms with Gasteiger partial charge in [0, 0.05) is 0 Å². The van der Waals surface area contributed by atoms with Gasteiger partial charge in [0.1, 0.15) is 0 Å². The molecule has 1 unspecified atom stereocenters. The summed E-state index contributed by atoms with van der Waals surface area (Å²) < 4.78 is 14.2. The summed E-state index contributed by atoms with van der Waals surface area (Å²) in [6.07, 6.45) is 2.68. The lowest BCUT2D eigenvalue weighted by molar-refractivity contribution is 0.334. The average molecular weight is 167 g/mol. The molecule has 0 saturated heterocycles.